The van der Waals surface area contributed by atoms with Crippen LogP contribution in [0.3, 0.4) is 0 Å². The first-order valence-electron chi connectivity index (χ1n) is 12.4. The molecule has 10 nitrogen and oxygen atoms in total. The third kappa shape index (κ3) is 6.71. The van der Waals surface area contributed by atoms with Gasteiger partial charge in [-0.05, 0) is 60.7 Å². The summed E-state index contributed by atoms with van der Waals surface area (Å²) >= 11 is 0. The zero-order valence-electron chi connectivity index (χ0n) is 21.6. The molecule has 0 saturated carbocycles. The summed E-state index contributed by atoms with van der Waals surface area (Å²) in [6.45, 7) is 3.07. The summed E-state index contributed by atoms with van der Waals surface area (Å²) in [7, 11) is 3.14. The van der Waals surface area contributed by atoms with Crippen LogP contribution >= 0.6 is 0 Å². The van der Waals surface area contributed by atoms with E-state index in [0.717, 1.165) is 11.4 Å². The maximum atomic E-state index is 12.8. The summed E-state index contributed by atoms with van der Waals surface area (Å²) in [6, 6.07) is 17.9. The minimum absolute atomic E-state index is 0.00966. The monoisotopic (exact) mass is 520 g/mol. The molecule has 0 unspecified atom stereocenters. The number of hydrogen-bond donors (Lipinski definition) is 1. The Bertz CT molecular complexity index is 1200. The predicted molar refractivity (Wildman–Crippen MR) is 143 cm³/mol. The molecule has 38 heavy (non-hydrogen) atoms. The molecular weight excluding hydrogens is 488 g/mol. The molecule has 0 aliphatic carbocycles. The number of rotatable bonds is 10. The predicted octanol–water partition coefficient (Wildman–Crippen LogP) is 2.98. The maximum absolute atomic E-state index is 12.8. The number of anilines is 2. The van der Waals surface area contributed by atoms with Crippen LogP contribution in [0.4, 0.5) is 11.4 Å². The largest absolute Gasteiger partial charge is 0.497 e. The van der Waals surface area contributed by atoms with E-state index >= 15 is 0 Å². The first-order valence-corrected chi connectivity index (χ1v) is 12.4. The second-order valence-corrected chi connectivity index (χ2v) is 8.80. The van der Waals surface area contributed by atoms with Crippen LogP contribution in [0.2, 0.25) is 0 Å². The summed E-state index contributed by atoms with van der Waals surface area (Å²) in [4.78, 5) is 43.6. The summed E-state index contributed by atoms with van der Waals surface area (Å²) < 4.78 is 15.4. The Labute approximate surface area is 221 Å². The number of carbonyl (C=O) groups is 3. The molecular formula is C28H32N4O6. The van der Waals surface area contributed by atoms with E-state index in [0.29, 0.717) is 44.0 Å². The number of amides is 3. The number of ether oxygens (including phenoxy) is 2. The van der Waals surface area contributed by atoms with Crippen LogP contribution in [-0.2, 0) is 9.53 Å². The molecule has 0 spiro atoms. The molecule has 0 radical (unpaired) electrons. The number of nitrogens with one attached hydrogen (secondary N) is 1. The average molecular weight is 521 g/mol. The van der Waals surface area contributed by atoms with Gasteiger partial charge in [0.1, 0.15) is 12.3 Å². The van der Waals surface area contributed by atoms with Crippen LogP contribution < -0.4 is 15.0 Å². The molecule has 1 fully saturated rings. The lowest BCUT2D eigenvalue weighted by atomic mass is 10.1. The lowest BCUT2D eigenvalue weighted by molar-refractivity contribution is -0.117. The minimum atomic E-state index is -0.373. The van der Waals surface area contributed by atoms with E-state index in [9.17, 15) is 14.4 Å². The van der Waals surface area contributed by atoms with Gasteiger partial charge in [-0.1, -0.05) is 0 Å². The van der Waals surface area contributed by atoms with Gasteiger partial charge in [0.15, 0.2) is 5.76 Å². The molecule has 3 aromatic rings. The number of carbonyl (C=O) groups excluding carboxylic acids is 3. The van der Waals surface area contributed by atoms with Crippen LogP contribution in [0.1, 0.15) is 20.9 Å². The third-order valence-electron chi connectivity index (χ3n) is 6.34. The highest BCUT2D eigenvalue weighted by Crippen LogP contribution is 2.21. The Morgan fingerprint density at radius 3 is 2.26 bits per heavy atom. The fourth-order valence-electron chi connectivity index (χ4n) is 4.22. The first-order chi connectivity index (χ1) is 18.5. The molecule has 1 saturated heterocycles. The van der Waals surface area contributed by atoms with Crippen molar-refractivity contribution in [2.24, 2.45) is 0 Å². The Hall–Kier alpha value is -4.31. The molecule has 1 aliphatic rings. The highest BCUT2D eigenvalue weighted by molar-refractivity contribution is 5.98. The van der Waals surface area contributed by atoms with Gasteiger partial charge in [0.2, 0.25) is 5.91 Å². The van der Waals surface area contributed by atoms with Crippen molar-refractivity contribution < 1.29 is 28.3 Å². The number of hydrogen-bond acceptors (Lipinski definition) is 7. The summed E-state index contributed by atoms with van der Waals surface area (Å²) in [5, 5.41) is 2.84. The second kappa shape index (κ2) is 12.8. The van der Waals surface area contributed by atoms with Crippen LogP contribution in [0.5, 0.6) is 5.75 Å². The maximum Gasteiger partial charge on any atom is 0.290 e. The molecule has 0 bridgehead atoms. The molecule has 1 aliphatic heterocycles. The topological polar surface area (TPSA) is 105 Å². The Morgan fingerprint density at radius 2 is 1.66 bits per heavy atom. The van der Waals surface area contributed by atoms with Crippen molar-refractivity contribution >= 4 is 29.1 Å². The van der Waals surface area contributed by atoms with Gasteiger partial charge in [0, 0.05) is 56.8 Å². The third-order valence-corrected chi connectivity index (χ3v) is 6.34. The van der Waals surface area contributed by atoms with Crippen molar-refractivity contribution in [1.82, 2.24) is 9.80 Å². The number of furan rings is 1. The molecule has 1 aromatic heterocycles. The Kier molecular flexibility index (Phi) is 8.99. The summed E-state index contributed by atoms with van der Waals surface area (Å²) in [5.41, 5.74) is 2.28. The van der Waals surface area contributed by atoms with Gasteiger partial charge in [-0.2, -0.15) is 0 Å². The molecule has 200 valence electrons. The minimum Gasteiger partial charge on any atom is -0.497 e. The average Bonchev–Trinajstić information content (AvgIpc) is 3.50. The number of nitrogens with zero attached hydrogens (tertiary/aromatic N) is 3. The zero-order valence-corrected chi connectivity index (χ0v) is 21.6. The highest BCUT2D eigenvalue weighted by atomic mass is 16.5. The van der Waals surface area contributed by atoms with Crippen LogP contribution in [-0.4, -0.2) is 87.6 Å². The summed E-state index contributed by atoms with van der Waals surface area (Å²) in [6.07, 6.45) is 1.42. The lowest BCUT2D eigenvalue weighted by Crippen LogP contribution is -2.48. The van der Waals surface area contributed by atoms with Crippen LogP contribution in [0.25, 0.3) is 0 Å². The van der Waals surface area contributed by atoms with Crippen molar-refractivity contribution in [3.8, 4) is 5.75 Å². The van der Waals surface area contributed by atoms with E-state index in [4.69, 9.17) is 13.9 Å². The molecule has 4 rings (SSSR count). The van der Waals surface area contributed by atoms with Crippen molar-refractivity contribution in [2.45, 2.75) is 0 Å². The van der Waals surface area contributed by atoms with E-state index < -0.39 is 0 Å². The Balaban J connectivity index is 1.28. The van der Waals surface area contributed by atoms with Crippen molar-refractivity contribution in [1.29, 1.82) is 0 Å². The summed E-state index contributed by atoms with van der Waals surface area (Å²) in [5.74, 6) is 0.206. The van der Waals surface area contributed by atoms with Crippen LogP contribution in [0.15, 0.2) is 71.3 Å². The molecule has 10 heteroatoms. The van der Waals surface area contributed by atoms with Gasteiger partial charge < -0.3 is 33.9 Å². The second-order valence-electron chi connectivity index (χ2n) is 8.80. The van der Waals surface area contributed by atoms with E-state index in [1.807, 2.05) is 29.2 Å². The van der Waals surface area contributed by atoms with Gasteiger partial charge >= 0.3 is 0 Å². The molecule has 1 N–H and O–H groups in total. The van der Waals surface area contributed by atoms with Gasteiger partial charge in [-0.3, -0.25) is 14.4 Å². The fourth-order valence-corrected chi connectivity index (χ4v) is 4.22. The quantitative estimate of drug-likeness (QED) is 0.438. The Morgan fingerprint density at radius 1 is 0.947 bits per heavy atom. The SMILES string of the molecule is COCCN(CC(=O)Nc1ccc(N2CCN(C(=O)c3ccc(OC)cc3)CC2)cc1)C(=O)c1ccco1. The van der Waals surface area contributed by atoms with E-state index in [1.165, 1.54) is 18.3 Å². The van der Waals surface area contributed by atoms with Crippen molar-refractivity contribution in [3.63, 3.8) is 0 Å². The van der Waals surface area contributed by atoms with E-state index in [1.54, 1.807) is 43.5 Å². The van der Waals surface area contributed by atoms with Gasteiger partial charge in [-0.15, -0.1) is 0 Å². The van der Waals surface area contributed by atoms with Gasteiger partial charge in [0.05, 0.1) is 20.0 Å². The van der Waals surface area contributed by atoms with Crippen LogP contribution in [0, 0.1) is 0 Å². The first kappa shape index (κ1) is 26.7. The zero-order chi connectivity index (χ0) is 26.9. The molecule has 3 amide bonds. The smallest absolute Gasteiger partial charge is 0.290 e. The number of benzene rings is 2. The molecule has 2 heterocycles. The number of methoxy groups -OCH3 is 2. The normalized spacial score (nSPS) is 13.2. The van der Waals surface area contributed by atoms with Gasteiger partial charge in [-0.25, -0.2) is 0 Å². The lowest BCUT2D eigenvalue weighted by Gasteiger charge is -2.36. The van der Waals surface area contributed by atoms with E-state index in [2.05, 4.69) is 10.2 Å². The standard InChI is InChI=1S/C28H32N4O6/c1-36-19-17-32(28(35)25-4-3-18-38-25)20-26(33)29-22-7-9-23(10-8-22)30-13-15-31(16-14-30)27(34)21-5-11-24(37-2)12-6-21/h3-12,18H,13-17,19-20H2,1-2H3,(H,29,33). The van der Waals surface area contributed by atoms with Crippen molar-refractivity contribution in [3.05, 3.63) is 78.3 Å². The fraction of sp³-hybridized carbons (Fsp3) is 0.321. The van der Waals surface area contributed by atoms with Gasteiger partial charge in [0.25, 0.3) is 11.8 Å². The van der Waals surface area contributed by atoms with Crippen molar-refractivity contribution in [2.75, 3.05) is 70.3 Å². The number of piperazine rings is 1. The van der Waals surface area contributed by atoms with E-state index in [-0.39, 0.29) is 36.6 Å². The molecule has 0 atom stereocenters. The molecule has 2 aromatic carbocycles. The highest BCUT2D eigenvalue weighted by Gasteiger charge is 2.23.